The number of rotatable bonds is 6. The second kappa shape index (κ2) is 8.32. The highest BCUT2D eigenvalue weighted by molar-refractivity contribution is 6.30. The van der Waals surface area contributed by atoms with E-state index in [4.69, 9.17) is 20.8 Å². The molecule has 0 spiro atoms. The third-order valence-electron chi connectivity index (χ3n) is 4.37. The van der Waals surface area contributed by atoms with E-state index < -0.39 is 6.04 Å². The zero-order valence-corrected chi connectivity index (χ0v) is 16.2. The molecule has 0 saturated heterocycles. The van der Waals surface area contributed by atoms with Gasteiger partial charge < -0.3 is 14.5 Å². The molecule has 1 aromatic heterocycles. The van der Waals surface area contributed by atoms with Gasteiger partial charge in [-0.3, -0.25) is 0 Å². The lowest BCUT2D eigenvalue weighted by Gasteiger charge is -2.19. The van der Waals surface area contributed by atoms with Gasteiger partial charge in [0.2, 0.25) is 11.8 Å². The van der Waals surface area contributed by atoms with Crippen molar-refractivity contribution in [3.63, 3.8) is 0 Å². The number of nitrogens with one attached hydrogen (secondary N) is 1. The summed E-state index contributed by atoms with van der Waals surface area (Å²) in [4.78, 5) is 0. The van der Waals surface area contributed by atoms with E-state index in [0.29, 0.717) is 22.2 Å². The molecule has 29 heavy (non-hydrogen) atoms. The van der Waals surface area contributed by atoms with E-state index in [-0.39, 0.29) is 11.7 Å². The van der Waals surface area contributed by atoms with Gasteiger partial charge in [0, 0.05) is 10.6 Å². The lowest BCUT2D eigenvalue weighted by atomic mass is 10.1. The van der Waals surface area contributed by atoms with Crippen LogP contribution in [0.5, 0.6) is 5.75 Å². The van der Waals surface area contributed by atoms with Gasteiger partial charge in [0.15, 0.2) is 0 Å². The van der Waals surface area contributed by atoms with Crippen LogP contribution in [0.15, 0.2) is 77.2 Å². The van der Waals surface area contributed by atoms with Crippen LogP contribution < -0.4 is 10.1 Å². The van der Waals surface area contributed by atoms with Gasteiger partial charge in [0.05, 0.1) is 12.8 Å². The summed E-state index contributed by atoms with van der Waals surface area (Å²) < 4.78 is 24.9. The topological polar surface area (TPSA) is 60.2 Å². The van der Waals surface area contributed by atoms with E-state index in [9.17, 15) is 4.39 Å². The molecule has 0 unspecified atom stereocenters. The Bertz CT molecular complexity index is 1120. The van der Waals surface area contributed by atoms with Crippen LogP contribution in [0, 0.1) is 5.82 Å². The maximum absolute atomic E-state index is 13.6. The molecule has 0 bridgehead atoms. The first-order chi connectivity index (χ1) is 14.1. The van der Waals surface area contributed by atoms with Crippen LogP contribution in [-0.2, 0) is 0 Å². The van der Waals surface area contributed by atoms with E-state index in [1.807, 2.05) is 36.4 Å². The average molecular weight is 410 g/mol. The smallest absolute Gasteiger partial charge is 0.247 e. The molecule has 1 atom stereocenters. The number of para-hydroxylation sites is 2. The molecule has 0 aliphatic rings. The van der Waals surface area contributed by atoms with Gasteiger partial charge in [0.1, 0.15) is 17.6 Å². The molecule has 0 aliphatic carbocycles. The predicted molar refractivity (Wildman–Crippen MR) is 110 cm³/mol. The molecule has 4 rings (SSSR count). The Morgan fingerprint density at radius 2 is 1.79 bits per heavy atom. The minimum Gasteiger partial charge on any atom is -0.495 e. The molecule has 0 fully saturated rings. The van der Waals surface area contributed by atoms with Crippen molar-refractivity contribution in [3.05, 3.63) is 95.1 Å². The summed E-state index contributed by atoms with van der Waals surface area (Å²) in [6.45, 7) is 0. The Labute approximate surface area is 172 Å². The van der Waals surface area contributed by atoms with Crippen molar-refractivity contribution in [2.24, 2.45) is 0 Å². The molecule has 5 nitrogen and oxygen atoms in total. The van der Waals surface area contributed by atoms with Gasteiger partial charge in [-0.2, -0.15) is 0 Å². The second-order valence-corrected chi connectivity index (χ2v) is 6.72. The molecular formula is C22H17ClFN3O2. The van der Waals surface area contributed by atoms with Crippen molar-refractivity contribution in [2.75, 3.05) is 12.4 Å². The highest BCUT2D eigenvalue weighted by Gasteiger charge is 2.23. The van der Waals surface area contributed by atoms with Gasteiger partial charge in [-0.05, 0) is 48.0 Å². The fraction of sp³-hybridized carbons (Fsp3) is 0.0909. The number of methoxy groups -OCH3 is 1. The van der Waals surface area contributed by atoms with Crippen molar-refractivity contribution in [3.8, 4) is 17.2 Å². The summed E-state index contributed by atoms with van der Waals surface area (Å²) >= 11 is 6.04. The highest BCUT2D eigenvalue weighted by Crippen LogP contribution is 2.32. The third-order valence-corrected chi connectivity index (χ3v) is 4.62. The van der Waals surface area contributed by atoms with Crippen LogP contribution in [0.3, 0.4) is 0 Å². The van der Waals surface area contributed by atoms with Crippen LogP contribution in [-0.4, -0.2) is 17.3 Å². The number of hydrogen-bond acceptors (Lipinski definition) is 5. The first-order valence-corrected chi connectivity index (χ1v) is 9.26. The molecule has 0 amide bonds. The Hall–Kier alpha value is -3.38. The Morgan fingerprint density at radius 3 is 2.55 bits per heavy atom. The summed E-state index contributed by atoms with van der Waals surface area (Å²) in [5.74, 6) is 0.873. The lowest BCUT2D eigenvalue weighted by molar-refractivity contribution is 0.415. The molecule has 1 N–H and O–H groups in total. The van der Waals surface area contributed by atoms with Crippen LogP contribution >= 0.6 is 11.6 Å². The summed E-state index contributed by atoms with van der Waals surface area (Å²) in [5, 5.41) is 12.3. The minimum absolute atomic E-state index is 0.236. The average Bonchev–Trinajstić information content (AvgIpc) is 3.23. The molecule has 0 aliphatic heterocycles. The van der Waals surface area contributed by atoms with Gasteiger partial charge >= 0.3 is 0 Å². The number of hydrogen-bond donors (Lipinski definition) is 1. The largest absolute Gasteiger partial charge is 0.495 e. The third kappa shape index (κ3) is 4.22. The molecule has 0 saturated carbocycles. The van der Waals surface area contributed by atoms with Crippen LogP contribution in [0.1, 0.15) is 17.5 Å². The number of aromatic nitrogens is 2. The van der Waals surface area contributed by atoms with Crippen molar-refractivity contribution < 1.29 is 13.5 Å². The summed E-state index contributed by atoms with van der Waals surface area (Å²) in [6, 6.07) is 20.4. The summed E-state index contributed by atoms with van der Waals surface area (Å²) in [5.41, 5.74) is 2.14. The maximum atomic E-state index is 13.6. The molecule has 1 heterocycles. The van der Waals surface area contributed by atoms with E-state index in [1.165, 1.54) is 12.1 Å². The molecule has 7 heteroatoms. The fourth-order valence-electron chi connectivity index (χ4n) is 2.95. The number of anilines is 1. The fourth-order valence-corrected chi connectivity index (χ4v) is 3.08. The van der Waals surface area contributed by atoms with Crippen molar-refractivity contribution >= 4 is 17.3 Å². The molecule has 4 aromatic rings. The zero-order chi connectivity index (χ0) is 20.2. The quantitative estimate of drug-likeness (QED) is 0.440. The molecule has 0 radical (unpaired) electrons. The second-order valence-electron chi connectivity index (χ2n) is 6.28. The number of benzene rings is 3. The molecular weight excluding hydrogens is 393 g/mol. The van der Waals surface area contributed by atoms with E-state index in [1.54, 1.807) is 31.4 Å². The first-order valence-electron chi connectivity index (χ1n) is 8.88. The van der Waals surface area contributed by atoms with Gasteiger partial charge in [-0.25, -0.2) is 4.39 Å². The minimum atomic E-state index is -0.460. The Morgan fingerprint density at radius 1 is 1.00 bits per heavy atom. The maximum Gasteiger partial charge on any atom is 0.247 e. The van der Waals surface area contributed by atoms with Gasteiger partial charge in [-0.15, -0.1) is 10.2 Å². The summed E-state index contributed by atoms with van der Waals surface area (Å²) in [6.07, 6.45) is 0. The predicted octanol–water partition coefficient (Wildman–Crippen LogP) is 5.74. The van der Waals surface area contributed by atoms with Crippen LogP contribution in [0.2, 0.25) is 5.02 Å². The number of ether oxygens (including phenoxy) is 1. The SMILES string of the molecule is COc1ccccc1N[C@@H](c1ccc(Cl)cc1)c1nnc(-c2cccc(F)c2)o1. The normalized spacial score (nSPS) is 11.8. The van der Waals surface area contributed by atoms with Crippen LogP contribution in [0.4, 0.5) is 10.1 Å². The lowest BCUT2D eigenvalue weighted by Crippen LogP contribution is -2.13. The number of nitrogens with zero attached hydrogens (tertiary/aromatic N) is 2. The summed E-state index contributed by atoms with van der Waals surface area (Å²) in [7, 11) is 1.60. The van der Waals surface area contributed by atoms with Crippen molar-refractivity contribution in [2.45, 2.75) is 6.04 Å². The van der Waals surface area contributed by atoms with Crippen LogP contribution in [0.25, 0.3) is 11.5 Å². The Balaban J connectivity index is 1.73. The molecule has 3 aromatic carbocycles. The number of halogens is 2. The van der Waals surface area contributed by atoms with Crippen molar-refractivity contribution in [1.29, 1.82) is 0 Å². The Kier molecular flexibility index (Phi) is 5.44. The standard InChI is InChI=1S/C22H17ClFN3O2/c1-28-19-8-3-2-7-18(19)25-20(14-9-11-16(23)12-10-14)22-27-26-21(29-22)15-5-4-6-17(24)13-15/h2-13,20,25H,1H3/t20-/m0/s1. The molecule has 146 valence electrons. The van der Waals surface area contributed by atoms with Crippen molar-refractivity contribution in [1.82, 2.24) is 10.2 Å². The van der Waals surface area contributed by atoms with Gasteiger partial charge in [-0.1, -0.05) is 41.9 Å². The highest BCUT2D eigenvalue weighted by atomic mass is 35.5. The van der Waals surface area contributed by atoms with E-state index in [2.05, 4.69) is 15.5 Å². The van der Waals surface area contributed by atoms with E-state index >= 15 is 0 Å². The van der Waals surface area contributed by atoms with Gasteiger partial charge in [0.25, 0.3) is 0 Å². The monoisotopic (exact) mass is 409 g/mol. The van der Waals surface area contributed by atoms with E-state index in [0.717, 1.165) is 11.3 Å². The zero-order valence-electron chi connectivity index (χ0n) is 15.5. The first kappa shape index (κ1) is 19.0.